The molecule has 1 unspecified atom stereocenters. The molecule has 0 spiro atoms. The number of carbonyl (C=O) groups is 2. The fraction of sp³-hybridized carbons (Fsp3) is 0.667. The van der Waals surface area contributed by atoms with Gasteiger partial charge in [-0.3, -0.25) is 9.59 Å². The summed E-state index contributed by atoms with van der Waals surface area (Å²) in [6, 6.07) is 6.74. The molecule has 4 aliphatic carbocycles. The molecule has 1 aromatic carbocycles. The van der Waals surface area contributed by atoms with E-state index in [-0.39, 0.29) is 17.3 Å². The number of amides is 2. The van der Waals surface area contributed by atoms with E-state index in [1.54, 1.807) is 17.0 Å². The van der Waals surface area contributed by atoms with Crippen molar-refractivity contribution in [1.29, 1.82) is 0 Å². The molecule has 5 fully saturated rings. The first-order valence-corrected chi connectivity index (χ1v) is 11.5. The zero-order valence-corrected chi connectivity index (χ0v) is 17.8. The zero-order chi connectivity index (χ0) is 20.9. The van der Waals surface area contributed by atoms with Gasteiger partial charge in [0.05, 0.1) is 5.69 Å². The number of hydrogen-bond donors (Lipinski definition) is 1. The van der Waals surface area contributed by atoms with Crippen molar-refractivity contribution in [2.75, 3.05) is 31.1 Å². The second-order valence-corrected chi connectivity index (χ2v) is 10.2. The Kier molecular flexibility index (Phi) is 4.98. The minimum absolute atomic E-state index is 0.0436. The highest BCUT2D eigenvalue weighted by atomic mass is 19.1. The van der Waals surface area contributed by atoms with Crippen molar-refractivity contribution < 1.29 is 14.0 Å². The van der Waals surface area contributed by atoms with Crippen LogP contribution in [0.25, 0.3) is 0 Å². The van der Waals surface area contributed by atoms with Gasteiger partial charge in [0, 0.05) is 32.2 Å². The van der Waals surface area contributed by atoms with Crippen molar-refractivity contribution in [2.45, 2.75) is 51.5 Å². The molecule has 1 saturated heterocycles. The fourth-order valence-corrected chi connectivity index (χ4v) is 7.12. The first kappa shape index (κ1) is 19.8. The highest BCUT2D eigenvalue weighted by molar-refractivity contribution is 6.35. The Labute approximate surface area is 178 Å². The lowest BCUT2D eigenvalue weighted by molar-refractivity contribution is -0.148. The Bertz CT molecular complexity index is 798. The third-order valence-electron chi connectivity index (χ3n) is 8.31. The van der Waals surface area contributed by atoms with Crippen LogP contribution in [0.5, 0.6) is 0 Å². The average Bonchev–Trinajstić information content (AvgIpc) is 2.73. The van der Waals surface area contributed by atoms with Gasteiger partial charge in [-0.15, -0.1) is 0 Å². The Balaban J connectivity index is 1.17. The molecule has 5 aliphatic rings. The lowest BCUT2D eigenvalue weighted by atomic mass is 9.48. The van der Waals surface area contributed by atoms with Crippen LogP contribution in [0.4, 0.5) is 10.1 Å². The average molecular weight is 414 g/mol. The minimum Gasteiger partial charge on any atom is -0.366 e. The maximum absolute atomic E-state index is 14.0. The largest absolute Gasteiger partial charge is 0.366 e. The van der Waals surface area contributed by atoms with Crippen molar-refractivity contribution in [1.82, 2.24) is 10.2 Å². The summed E-state index contributed by atoms with van der Waals surface area (Å²) < 4.78 is 14.0. The number of anilines is 1. The second kappa shape index (κ2) is 7.54. The summed E-state index contributed by atoms with van der Waals surface area (Å²) in [6.45, 7) is 4.04. The molecule has 4 saturated carbocycles. The second-order valence-electron chi connectivity index (χ2n) is 10.2. The molecule has 1 N–H and O–H groups in total. The molecule has 162 valence electrons. The van der Waals surface area contributed by atoms with Crippen LogP contribution in [0.15, 0.2) is 24.3 Å². The van der Waals surface area contributed by atoms with Crippen LogP contribution in [-0.4, -0.2) is 48.9 Å². The molecular weight excluding hydrogens is 381 g/mol. The van der Waals surface area contributed by atoms with Crippen LogP contribution < -0.4 is 10.2 Å². The molecule has 1 atom stereocenters. The number of hydrogen-bond acceptors (Lipinski definition) is 3. The predicted octanol–water partition coefficient (Wildman–Crippen LogP) is 3.20. The number of piperazine rings is 1. The van der Waals surface area contributed by atoms with Gasteiger partial charge in [0.25, 0.3) is 0 Å². The topological polar surface area (TPSA) is 52.7 Å². The van der Waals surface area contributed by atoms with Gasteiger partial charge >= 0.3 is 11.8 Å². The van der Waals surface area contributed by atoms with Crippen molar-refractivity contribution in [3.05, 3.63) is 30.1 Å². The number of nitrogens with zero attached hydrogens (tertiary/aromatic N) is 2. The van der Waals surface area contributed by atoms with E-state index < -0.39 is 11.8 Å². The fourth-order valence-electron chi connectivity index (χ4n) is 7.12. The number of carbonyl (C=O) groups excluding carboxylic acids is 2. The molecule has 5 nitrogen and oxygen atoms in total. The molecule has 30 heavy (non-hydrogen) atoms. The molecule has 1 aliphatic heterocycles. The van der Waals surface area contributed by atoms with Crippen molar-refractivity contribution >= 4 is 17.5 Å². The molecule has 1 heterocycles. The molecule has 0 aromatic heterocycles. The van der Waals surface area contributed by atoms with Crippen molar-refractivity contribution in [3.8, 4) is 0 Å². The highest BCUT2D eigenvalue weighted by Crippen LogP contribution is 2.61. The summed E-state index contributed by atoms with van der Waals surface area (Å²) in [5.74, 6) is 1.28. The molecule has 6 rings (SSSR count). The van der Waals surface area contributed by atoms with Gasteiger partial charge in [-0.25, -0.2) is 4.39 Å². The summed E-state index contributed by atoms with van der Waals surface area (Å²) >= 11 is 0. The lowest BCUT2D eigenvalue weighted by Crippen LogP contribution is -2.58. The summed E-state index contributed by atoms with van der Waals surface area (Å²) in [7, 11) is 0. The van der Waals surface area contributed by atoms with Gasteiger partial charge in [0.1, 0.15) is 5.82 Å². The Hall–Kier alpha value is -2.11. The van der Waals surface area contributed by atoms with Crippen LogP contribution in [0.3, 0.4) is 0 Å². The molecule has 2 amide bonds. The number of para-hydroxylation sites is 1. The summed E-state index contributed by atoms with van der Waals surface area (Å²) in [6.07, 6.45) is 7.71. The summed E-state index contributed by atoms with van der Waals surface area (Å²) in [5.41, 5.74) is 0.748. The highest BCUT2D eigenvalue weighted by Gasteiger charge is 2.53. The van der Waals surface area contributed by atoms with E-state index in [9.17, 15) is 14.0 Å². The Morgan fingerprint density at radius 1 is 1.00 bits per heavy atom. The molecule has 1 aromatic rings. The zero-order valence-electron chi connectivity index (χ0n) is 17.8. The third kappa shape index (κ3) is 3.48. The van der Waals surface area contributed by atoms with Gasteiger partial charge < -0.3 is 15.1 Å². The lowest BCUT2D eigenvalue weighted by Gasteiger charge is -2.59. The van der Waals surface area contributed by atoms with E-state index in [4.69, 9.17) is 0 Å². The maximum atomic E-state index is 14.0. The molecule has 0 radical (unpaired) electrons. The monoisotopic (exact) mass is 413 g/mol. The van der Waals surface area contributed by atoms with Crippen LogP contribution >= 0.6 is 0 Å². The first-order chi connectivity index (χ1) is 14.4. The molecule has 4 bridgehead atoms. The first-order valence-electron chi connectivity index (χ1n) is 11.5. The SMILES string of the molecule is CC(NC(=O)C(=O)N1CCN(c2ccccc2F)CC1)C12CC3CC(CC(C3)C1)C2. The normalized spacial score (nSPS) is 33.5. The number of benzene rings is 1. The molecular formula is C24H32FN3O2. The number of halogens is 1. The van der Waals surface area contributed by atoms with Gasteiger partial charge in [0.2, 0.25) is 0 Å². The minimum atomic E-state index is -0.474. The van der Waals surface area contributed by atoms with Gasteiger partial charge in [0.15, 0.2) is 0 Å². The van der Waals surface area contributed by atoms with Gasteiger partial charge in [-0.05, 0) is 80.8 Å². The maximum Gasteiger partial charge on any atom is 0.312 e. The van der Waals surface area contributed by atoms with Crippen LogP contribution in [0.1, 0.15) is 45.4 Å². The van der Waals surface area contributed by atoms with Crippen molar-refractivity contribution in [3.63, 3.8) is 0 Å². The van der Waals surface area contributed by atoms with Crippen LogP contribution in [0.2, 0.25) is 0 Å². The Morgan fingerprint density at radius 2 is 1.57 bits per heavy atom. The predicted molar refractivity (Wildman–Crippen MR) is 113 cm³/mol. The summed E-state index contributed by atoms with van der Waals surface area (Å²) in [4.78, 5) is 29.1. The van der Waals surface area contributed by atoms with Crippen LogP contribution in [0, 0.1) is 29.0 Å². The van der Waals surface area contributed by atoms with Crippen molar-refractivity contribution in [2.24, 2.45) is 23.2 Å². The number of rotatable bonds is 3. The van der Waals surface area contributed by atoms with Gasteiger partial charge in [-0.1, -0.05) is 12.1 Å². The van der Waals surface area contributed by atoms with E-state index >= 15 is 0 Å². The van der Waals surface area contributed by atoms with E-state index in [0.717, 1.165) is 17.8 Å². The van der Waals surface area contributed by atoms with E-state index in [0.29, 0.717) is 31.9 Å². The van der Waals surface area contributed by atoms with E-state index in [1.165, 1.54) is 44.6 Å². The van der Waals surface area contributed by atoms with E-state index in [2.05, 4.69) is 12.2 Å². The Morgan fingerprint density at radius 3 is 2.13 bits per heavy atom. The van der Waals surface area contributed by atoms with E-state index in [1.807, 2.05) is 11.0 Å². The summed E-state index contributed by atoms with van der Waals surface area (Å²) in [5, 5.41) is 3.08. The smallest absolute Gasteiger partial charge is 0.312 e. The van der Waals surface area contributed by atoms with Crippen LogP contribution in [-0.2, 0) is 9.59 Å². The standard InChI is InChI=1S/C24H32FN3O2/c1-16(24-13-17-10-18(14-24)12-19(11-17)15-24)26-22(29)23(30)28-8-6-27(7-9-28)21-5-3-2-4-20(21)25/h2-5,16-19H,6-15H2,1H3,(H,26,29). The number of nitrogens with one attached hydrogen (secondary N) is 1. The quantitative estimate of drug-likeness (QED) is 0.775. The van der Waals surface area contributed by atoms with Gasteiger partial charge in [-0.2, -0.15) is 0 Å². The third-order valence-corrected chi connectivity index (χ3v) is 8.31. The molecule has 6 heteroatoms.